The van der Waals surface area contributed by atoms with E-state index in [0.29, 0.717) is 10.1 Å². The fourth-order valence-corrected chi connectivity index (χ4v) is 3.70. The summed E-state index contributed by atoms with van der Waals surface area (Å²) in [6.07, 6.45) is 5.25. The van der Waals surface area contributed by atoms with Crippen LogP contribution in [0.2, 0.25) is 0 Å². The van der Waals surface area contributed by atoms with Crippen molar-refractivity contribution in [3.8, 4) is 6.07 Å². The van der Waals surface area contributed by atoms with Gasteiger partial charge in [0.2, 0.25) is 0 Å². The van der Waals surface area contributed by atoms with E-state index in [-0.39, 0.29) is 12.2 Å². The minimum Gasteiger partial charge on any atom is -0.462 e. The molecule has 0 saturated carbocycles. The molecule has 0 saturated heterocycles. The molecule has 0 atom stereocenters. The molecule has 0 aliphatic carbocycles. The van der Waals surface area contributed by atoms with Crippen LogP contribution >= 0.6 is 11.3 Å². The van der Waals surface area contributed by atoms with Crippen molar-refractivity contribution < 1.29 is 9.53 Å². The van der Waals surface area contributed by atoms with E-state index < -0.39 is 5.97 Å². The average Bonchev–Trinajstić information content (AvgIpc) is 3.35. The molecule has 0 radical (unpaired) electrons. The summed E-state index contributed by atoms with van der Waals surface area (Å²) in [5, 5.41) is 27.0. The van der Waals surface area contributed by atoms with Gasteiger partial charge in [0.25, 0.3) is 5.13 Å². The second kappa shape index (κ2) is 12.9. The summed E-state index contributed by atoms with van der Waals surface area (Å²) in [6.45, 7) is 8.09. The fourth-order valence-electron chi connectivity index (χ4n) is 3.14. The van der Waals surface area contributed by atoms with Crippen LogP contribution in [0, 0.1) is 11.3 Å². The number of benzene rings is 2. The van der Waals surface area contributed by atoms with Crippen LogP contribution in [0.3, 0.4) is 0 Å². The Morgan fingerprint density at radius 3 is 2.31 bits per heavy atom. The number of esters is 1. The zero-order valence-corrected chi connectivity index (χ0v) is 20.7. The first-order chi connectivity index (χ1) is 17.1. The highest BCUT2D eigenvalue weighted by Crippen LogP contribution is 2.25. The van der Waals surface area contributed by atoms with Crippen molar-refractivity contribution in [2.24, 2.45) is 10.2 Å². The number of nitrogens with zero attached hydrogens (tertiary/aromatic N) is 6. The third-order valence-electron chi connectivity index (χ3n) is 4.94. The molecule has 0 aliphatic rings. The summed E-state index contributed by atoms with van der Waals surface area (Å²) >= 11 is 1.33. The number of azo groups is 1. The fraction of sp³-hybridized carbons (Fsp3) is 0.231. The van der Waals surface area contributed by atoms with Gasteiger partial charge in [-0.1, -0.05) is 41.7 Å². The molecule has 3 aromatic rings. The molecule has 1 aromatic heterocycles. The topological polar surface area (TPSA) is 104 Å². The molecule has 0 aliphatic heterocycles. The zero-order chi connectivity index (χ0) is 25.0. The molecule has 3 rings (SSSR count). The molecule has 0 N–H and O–H groups in total. The van der Waals surface area contributed by atoms with Crippen LogP contribution in [0.1, 0.15) is 36.9 Å². The van der Waals surface area contributed by atoms with Crippen molar-refractivity contribution in [3.63, 3.8) is 0 Å². The minimum atomic E-state index is -0.625. The average molecular weight is 487 g/mol. The maximum absolute atomic E-state index is 11.7. The first kappa shape index (κ1) is 25.5. The monoisotopic (exact) mass is 486 g/mol. The number of ether oxygens (including phenoxy) is 1. The third kappa shape index (κ3) is 7.42. The van der Waals surface area contributed by atoms with Crippen molar-refractivity contribution in [3.05, 3.63) is 70.2 Å². The quantitative estimate of drug-likeness (QED) is 0.141. The molecule has 8 nitrogen and oxygen atoms in total. The van der Waals surface area contributed by atoms with Crippen LogP contribution in [-0.4, -0.2) is 35.9 Å². The molecule has 0 amide bonds. The van der Waals surface area contributed by atoms with Crippen molar-refractivity contribution in [1.82, 2.24) is 10.2 Å². The number of rotatable bonds is 10. The predicted octanol–water partition coefficient (Wildman–Crippen LogP) is 6.44. The van der Waals surface area contributed by atoms with E-state index in [2.05, 4.69) is 39.2 Å². The van der Waals surface area contributed by atoms with Gasteiger partial charge in [-0.15, -0.1) is 20.4 Å². The van der Waals surface area contributed by atoms with Gasteiger partial charge in [0.1, 0.15) is 16.6 Å². The van der Waals surface area contributed by atoms with Crippen LogP contribution in [-0.2, 0) is 9.53 Å². The van der Waals surface area contributed by atoms with Gasteiger partial charge in [0.05, 0.1) is 12.3 Å². The van der Waals surface area contributed by atoms with Gasteiger partial charge in [-0.25, -0.2) is 4.79 Å². The number of hydrogen-bond acceptors (Lipinski definition) is 9. The third-order valence-corrected chi connectivity index (χ3v) is 5.71. The Kier molecular flexibility index (Phi) is 9.39. The van der Waals surface area contributed by atoms with Crippen molar-refractivity contribution in [2.45, 2.75) is 20.8 Å². The van der Waals surface area contributed by atoms with Crippen molar-refractivity contribution in [2.75, 3.05) is 24.6 Å². The molecule has 0 bridgehead atoms. The summed E-state index contributed by atoms with van der Waals surface area (Å²) in [4.78, 5) is 14.0. The molecule has 9 heteroatoms. The van der Waals surface area contributed by atoms with Gasteiger partial charge in [0.15, 0.2) is 0 Å². The summed E-state index contributed by atoms with van der Waals surface area (Å²) in [5.74, 6) is -0.625. The summed E-state index contributed by atoms with van der Waals surface area (Å²) in [7, 11) is 0. The normalized spacial score (nSPS) is 11.7. The van der Waals surface area contributed by atoms with Crippen LogP contribution < -0.4 is 4.90 Å². The van der Waals surface area contributed by atoms with Gasteiger partial charge >= 0.3 is 5.97 Å². The van der Waals surface area contributed by atoms with Gasteiger partial charge in [-0.3, -0.25) is 0 Å². The van der Waals surface area contributed by atoms with E-state index in [0.717, 1.165) is 35.6 Å². The Bertz CT molecular complexity index is 1250. The highest BCUT2D eigenvalue weighted by Gasteiger charge is 2.09. The van der Waals surface area contributed by atoms with E-state index in [1.807, 2.05) is 66.8 Å². The summed E-state index contributed by atoms with van der Waals surface area (Å²) in [5.41, 5.74) is 3.54. The number of carbonyl (C=O) groups is 1. The van der Waals surface area contributed by atoms with E-state index in [1.165, 1.54) is 17.4 Å². The molecular formula is C26H26N6O2S. The Balaban J connectivity index is 1.61. The van der Waals surface area contributed by atoms with Gasteiger partial charge in [0, 0.05) is 18.8 Å². The Hall–Kier alpha value is -4.16. The highest BCUT2D eigenvalue weighted by atomic mass is 32.1. The van der Waals surface area contributed by atoms with E-state index in [1.54, 1.807) is 6.92 Å². The van der Waals surface area contributed by atoms with Crippen LogP contribution in [0.15, 0.2) is 64.3 Å². The molecule has 2 aromatic carbocycles. The second-order valence-electron chi connectivity index (χ2n) is 7.20. The lowest BCUT2D eigenvalue weighted by molar-refractivity contribution is -0.137. The summed E-state index contributed by atoms with van der Waals surface area (Å²) < 4.78 is 4.88. The number of aromatic nitrogens is 2. The van der Waals surface area contributed by atoms with E-state index in [4.69, 9.17) is 10.00 Å². The van der Waals surface area contributed by atoms with Gasteiger partial charge < -0.3 is 9.64 Å². The minimum absolute atomic E-state index is 0.0365. The molecule has 0 unspecified atom stereocenters. The SMILES string of the molecule is CCOC(=O)/C(C#N)=C/c1ccc(/C=C/c2nnc(N=Nc3ccc(N(CC)CC)cc3)s2)cc1. The zero-order valence-electron chi connectivity index (χ0n) is 19.9. The number of carbonyl (C=O) groups excluding carboxylic acids is 1. The smallest absolute Gasteiger partial charge is 0.348 e. The second-order valence-corrected chi connectivity index (χ2v) is 8.19. The van der Waals surface area contributed by atoms with Crippen molar-refractivity contribution >= 4 is 52.0 Å². The lowest BCUT2D eigenvalue weighted by atomic mass is 10.1. The molecule has 178 valence electrons. The number of hydrogen-bond donors (Lipinski definition) is 0. The molecule has 0 spiro atoms. The molecule has 0 fully saturated rings. The first-order valence-corrected chi connectivity index (χ1v) is 12.0. The van der Waals surface area contributed by atoms with E-state index >= 15 is 0 Å². The molecule has 1 heterocycles. The van der Waals surface area contributed by atoms with Gasteiger partial charge in [-0.05, 0) is 68.3 Å². The Labute approximate surface area is 208 Å². The summed E-state index contributed by atoms with van der Waals surface area (Å²) in [6, 6.07) is 17.2. The Morgan fingerprint density at radius 1 is 1.00 bits per heavy atom. The largest absolute Gasteiger partial charge is 0.462 e. The number of nitriles is 1. The lowest BCUT2D eigenvalue weighted by Crippen LogP contribution is -2.21. The van der Waals surface area contributed by atoms with Crippen LogP contribution in [0.25, 0.3) is 18.2 Å². The van der Waals surface area contributed by atoms with E-state index in [9.17, 15) is 4.79 Å². The maximum atomic E-state index is 11.7. The standard InChI is InChI=1S/C26H26N6O2S/c1-4-32(5-2)23-14-12-22(13-15-23)28-30-26-31-29-24(35-26)16-11-19-7-9-20(10-8-19)17-21(18-27)25(33)34-6-3/h7-17H,4-6H2,1-3H3/b16-11+,21-17+,30-28?. The molecular weight excluding hydrogens is 460 g/mol. The Morgan fingerprint density at radius 2 is 1.69 bits per heavy atom. The van der Waals surface area contributed by atoms with Crippen LogP contribution in [0.4, 0.5) is 16.5 Å². The first-order valence-electron chi connectivity index (χ1n) is 11.2. The maximum Gasteiger partial charge on any atom is 0.348 e. The van der Waals surface area contributed by atoms with Crippen molar-refractivity contribution in [1.29, 1.82) is 5.26 Å². The lowest BCUT2D eigenvalue weighted by Gasteiger charge is -2.20. The van der Waals surface area contributed by atoms with Crippen LogP contribution in [0.5, 0.6) is 0 Å². The highest BCUT2D eigenvalue weighted by molar-refractivity contribution is 7.15. The predicted molar refractivity (Wildman–Crippen MR) is 140 cm³/mol. The number of anilines is 1. The molecule has 35 heavy (non-hydrogen) atoms. The van der Waals surface area contributed by atoms with Gasteiger partial charge in [-0.2, -0.15) is 5.26 Å².